The molecule has 23 heavy (non-hydrogen) atoms. The standard InChI is InChI=1S/C16H20N4O2S/c1-11-15(23-10-19-11)5-6-18-16(17)20-12-3-4-13-14(9-12)22-8-2-7-21-13/h3-4,9-10H,2,5-8H2,1H3,(H3,17,18,20). The maximum absolute atomic E-state index is 5.94. The molecule has 3 rings (SSSR count). The summed E-state index contributed by atoms with van der Waals surface area (Å²) in [4.78, 5) is 9.83. The van der Waals surface area contributed by atoms with Crippen molar-refractivity contribution in [1.29, 1.82) is 0 Å². The summed E-state index contributed by atoms with van der Waals surface area (Å²) in [6.45, 7) is 3.98. The Hall–Kier alpha value is -2.28. The highest BCUT2D eigenvalue weighted by Crippen LogP contribution is 2.32. The molecule has 2 aromatic rings. The monoisotopic (exact) mass is 332 g/mol. The number of nitrogens with two attached hydrogens (primary N) is 1. The predicted octanol–water partition coefficient (Wildman–Crippen LogP) is 2.58. The Bertz CT molecular complexity index is 699. The molecule has 0 spiro atoms. The molecule has 1 aromatic carbocycles. The van der Waals surface area contributed by atoms with Crippen LogP contribution in [0.2, 0.25) is 0 Å². The highest BCUT2D eigenvalue weighted by Gasteiger charge is 2.10. The second-order valence-electron chi connectivity index (χ2n) is 5.21. The van der Waals surface area contributed by atoms with Crippen molar-refractivity contribution < 1.29 is 9.47 Å². The van der Waals surface area contributed by atoms with Gasteiger partial charge >= 0.3 is 0 Å². The molecule has 0 saturated heterocycles. The minimum absolute atomic E-state index is 0.390. The number of fused-ring (bicyclic) bond motifs is 1. The van der Waals surface area contributed by atoms with Gasteiger partial charge in [-0.2, -0.15) is 0 Å². The summed E-state index contributed by atoms with van der Waals surface area (Å²) in [6.07, 6.45) is 1.73. The van der Waals surface area contributed by atoms with E-state index in [2.05, 4.69) is 15.3 Å². The fraction of sp³-hybridized carbons (Fsp3) is 0.375. The second kappa shape index (κ2) is 7.32. The molecule has 0 atom stereocenters. The van der Waals surface area contributed by atoms with Crippen LogP contribution in [0.15, 0.2) is 28.7 Å². The molecule has 1 aromatic heterocycles. The van der Waals surface area contributed by atoms with Crippen LogP contribution in [0, 0.1) is 6.92 Å². The van der Waals surface area contributed by atoms with E-state index in [1.165, 1.54) is 4.88 Å². The average Bonchev–Trinajstić information content (AvgIpc) is 2.81. The normalized spacial score (nSPS) is 14.4. The van der Waals surface area contributed by atoms with E-state index in [-0.39, 0.29) is 0 Å². The molecule has 0 unspecified atom stereocenters. The number of aromatic nitrogens is 1. The number of thiazole rings is 1. The zero-order chi connectivity index (χ0) is 16.1. The largest absolute Gasteiger partial charge is 0.490 e. The van der Waals surface area contributed by atoms with E-state index >= 15 is 0 Å². The Morgan fingerprint density at radius 1 is 1.35 bits per heavy atom. The number of aryl methyl sites for hydroxylation is 1. The fourth-order valence-corrected chi connectivity index (χ4v) is 3.04. The van der Waals surface area contributed by atoms with Crippen LogP contribution in [0.3, 0.4) is 0 Å². The number of rotatable bonds is 4. The molecule has 3 N–H and O–H groups in total. The molecule has 0 radical (unpaired) electrons. The van der Waals surface area contributed by atoms with Crippen molar-refractivity contribution in [1.82, 2.24) is 4.98 Å². The molecule has 2 heterocycles. The van der Waals surface area contributed by atoms with E-state index in [0.29, 0.717) is 25.7 Å². The van der Waals surface area contributed by atoms with E-state index in [0.717, 1.165) is 35.7 Å². The topological polar surface area (TPSA) is 81.8 Å². The first-order valence-electron chi connectivity index (χ1n) is 7.58. The third-order valence-corrected chi connectivity index (χ3v) is 4.48. The molecule has 122 valence electrons. The molecule has 0 saturated carbocycles. The molecule has 1 aliphatic rings. The van der Waals surface area contributed by atoms with Crippen LogP contribution >= 0.6 is 11.3 Å². The molecule has 0 aliphatic carbocycles. The number of guanidine groups is 1. The first-order chi connectivity index (χ1) is 11.2. The molecule has 0 amide bonds. The summed E-state index contributed by atoms with van der Waals surface area (Å²) in [5.74, 6) is 1.89. The van der Waals surface area contributed by atoms with Gasteiger partial charge in [0.2, 0.25) is 0 Å². The van der Waals surface area contributed by atoms with Crippen LogP contribution in [-0.4, -0.2) is 30.7 Å². The van der Waals surface area contributed by atoms with Gasteiger partial charge in [0.1, 0.15) is 0 Å². The van der Waals surface area contributed by atoms with Gasteiger partial charge in [-0.25, -0.2) is 4.98 Å². The van der Waals surface area contributed by atoms with E-state index in [4.69, 9.17) is 15.2 Å². The molecular weight excluding hydrogens is 312 g/mol. The summed E-state index contributed by atoms with van der Waals surface area (Å²) in [6, 6.07) is 5.68. The number of hydrogen-bond donors (Lipinski definition) is 2. The first-order valence-corrected chi connectivity index (χ1v) is 8.46. The zero-order valence-electron chi connectivity index (χ0n) is 13.0. The van der Waals surface area contributed by atoms with Gasteiger partial charge in [0.15, 0.2) is 17.5 Å². The molecule has 1 aliphatic heterocycles. The summed E-state index contributed by atoms with van der Waals surface area (Å²) < 4.78 is 11.3. The van der Waals surface area contributed by atoms with Crippen LogP contribution in [0.1, 0.15) is 17.0 Å². The molecular formula is C16H20N4O2S. The zero-order valence-corrected chi connectivity index (χ0v) is 13.9. The number of ether oxygens (including phenoxy) is 2. The molecule has 7 heteroatoms. The number of aliphatic imine (C=N–C) groups is 1. The minimum Gasteiger partial charge on any atom is -0.490 e. The average molecular weight is 332 g/mol. The minimum atomic E-state index is 0.390. The number of nitrogens with one attached hydrogen (secondary N) is 1. The Morgan fingerprint density at radius 3 is 2.96 bits per heavy atom. The van der Waals surface area contributed by atoms with E-state index in [9.17, 15) is 0 Å². The van der Waals surface area contributed by atoms with Gasteiger partial charge in [0, 0.05) is 36.0 Å². The van der Waals surface area contributed by atoms with Crippen molar-refractivity contribution in [3.63, 3.8) is 0 Å². The predicted molar refractivity (Wildman–Crippen MR) is 92.7 cm³/mol. The smallest absolute Gasteiger partial charge is 0.193 e. The summed E-state index contributed by atoms with van der Waals surface area (Å²) in [5, 5.41) is 3.09. The van der Waals surface area contributed by atoms with Crippen LogP contribution in [0.25, 0.3) is 0 Å². The van der Waals surface area contributed by atoms with Gasteiger partial charge in [-0.05, 0) is 19.1 Å². The number of hydrogen-bond acceptors (Lipinski definition) is 5. The number of anilines is 1. The third kappa shape index (κ3) is 4.13. The van der Waals surface area contributed by atoms with Crippen molar-refractivity contribution in [3.8, 4) is 11.5 Å². The fourth-order valence-electron chi connectivity index (χ4n) is 2.27. The SMILES string of the molecule is Cc1ncsc1CCN=C(N)Nc1ccc2c(c1)OCCCO2. The highest BCUT2D eigenvalue weighted by molar-refractivity contribution is 7.09. The summed E-state index contributed by atoms with van der Waals surface area (Å²) in [7, 11) is 0. The highest BCUT2D eigenvalue weighted by atomic mass is 32.1. The van der Waals surface area contributed by atoms with Gasteiger partial charge in [0.25, 0.3) is 0 Å². The van der Waals surface area contributed by atoms with Gasteiger partial charge in [-0.3, -0.25) is 4.99 Å². The lowest BCUT2D eigenvalue weighted by atomic mass is 10.3. The van der Waals surface area contributed by atoms with Gasteiger partial charge in [0.05, 0.1) is 24.4 Å². The van der Waals surface area contributed by atoms with Crippen molar-refractivity contribution in [2.75, 3.05) is 25.1 Å². The second-order valence-corrected chi connectivity index (χ2v) is 6.15. The lowest BCUT2D eigenvalue weighted by molar-refractivity contribution is 0.297. The van der Waals surface area contributed by atoms with Gasteiger partial charge in [-0.1, -0.05) is 0 Å². The van der Waals surface area contributed by atoms with Crippen molar-refractivity contribution in [2.24, 2.45) is 10.7 Å². The maximum atomic E-state index is 5.94. The van der Waals surface area contributed by atoms with Crippen LogP contribution in [0.4, 0.5) is 5.69 Å². The van der Waals surface area contributed by atoms with E-state index < -0.39 is 0 Å². The summed E-state index contributed by atoms with van der Waals surface area (Å²) >= 11 is 1.65. The van der Waals surface area contributed by atoms with Gasteiger partial charge in [-0.15, -0.1) is 11.3 Å². The lowest BCUT2D eigenvalue weighted by Crippen LogP contribution is -2.23. The lowest BCUT2D eigenvalue weighted by Gasteiger charge is -2.10. The Labute approximate surface area is 139 Å². The van der Waals surface area contributed by atoms with Crippen LogP contribution < -0.4 is 20.5 Å². The van der Waals surface area contributed by atoms with E-state index in [1.54, 1.807) is 11.3 Å². The van der Waals surface area contributed by atoms with Crippen molar-refractivity contribution in [3.05, 3.63) is 34.3 Å². The molecule has 6 nitrogen and oxygen atoms in total. The Balaban J connectivity index is 1.59. The first kappa shape index (κ1) is 15.6. The van der Waals surface area contributed by atoms with Gasteiger partial charge < -0.3 is 20.5 Å². The van der Waals surface area contributed by atoms with E-state index in [1.807, 2.05) is 30.6 Å². The Kier molecular flexibility index (Phi) is 4.97. The maximum Gasteiger partial charge on any atom is 0.193 e. The third-order valence-electron chi connectivity index (χ3n) is 3.49. The van der Waals surface area contributed by atoms with Crippen molar-refractivity contribution in [2.45, 2.75) is 19.8 Å². The van der Waals surface area contributed by atoms with Crippen LogP contribution in [-0.2, 0) is 6.42 Å². The van der Waals surface area contributed by atoms with Crippen LogP contribution in [0.5, 0.6) is 11.5 Å². The summed E-state index contributed by atoms with van der Waals surface area (Å²) in [5.41, 5.74) is 9.71. The quantitative estimate of drug-likeness (QED) is 0.664. The van der Waals surface area contributed by atoms with Crippen molar-refractivity contribution >= 4 is 23.0 Å². The number of benzene rings is 1. The Morgan fingerprint density at radius 2 is 2.17 bits per heavy atom. The molecule has 0 fully saturated rings. The number of nitrogens with zero attached hydrogens (tertiary/aromatic N) is 2. The molecule has 0 bridgehead atoms.